The summed E-state index contributed by atoms with van der Waals surface area (Å²) in [6, 6.07) is 9.46. The Morgan fingerprint density at radius 2 is 2.29 bits per heavy atom. The molecular formula is C25H28ClFN2O3S2. The van der Waals surface area contributed by atoms with Crippen molar-refractivity contribution in [2.45, 2.75) is 29.6 Å². The normalized spacial score (nSPS) is 19.9. The molecule has 0 amide bonds. The maximum absolute atomic E-state index is 15.5. The predicted molar refractivity (Wildman–Crippen MR) is 137 cm³/mol. The second-order valence-corrected chi connectivity index (χ2v) is 11.3. The molecule has 34 heavy (non-hydrogen) atoms. The van der Waals surface area contributed by atoms with Crippen LogP contribution in [0.25, 0.3) is 10.9 Å². The Kier molecular flexibility index (Phi) is 8.69. The molecule has 3 heterocycles. The highest BCUT2D eigenvalue weighted by Crippen LogP contribution is 2.38. The second kappa shape index (κ2) is 11.7. The summed E-state index contributed by atoms with van der Waals surface area (Å²) in [7, 11) is 1.56. The van der Waals surface area contributed by atoms with Crippen LogP contribution in [0.4, 0.5) is 4.39 Å². The molecule has 4 rings (SSSR count). The lowest BCUT2D eigenvalue weighted by Crippen LogP contribution is -2.44. The molecule has 3 unspecified atom stereocenters. The number of carbonyl (C=O) groups is 1. The van der Waals surface area contributed by atoms with E-state index in [9.17, 15) is 9.90 Å². The minimum Gasteiger partial charge on any atom is -0.497 e. The van der Waals surface area contributed by atoms with Crippen molar-refractivity contribution < 1.29 is 19.0 Å². The number of nitrogens with zero attached hydrogens (tertiary/aromatic N) is 2. The number of fused-ring (bicyclic) bond motifs is 1. The highest BCUT2D eigenvalue weighted by atomic mass is 35.5. The molecule has 3 atom stereocenters. The lowest BCUT2D eigenvalue weighted by atomic mass is 9.81. The minimum absolute atomic E-state index is 0.0571. The van der Waals surface area contributed by atoms with E-state index in [1.165, 1.54) is 10.4 Å². The molecule has 1 aliphatic rings. The number of hydrogen-bond acceptors (Lipinski definition) is 6. The minimum atomic E-state index is -1.31. The first kappa shape index (κ1) is 25.2. The van der Waals surface area contributed by atoms with Gasteiger partial charge >= 0.3 is 5.97 Å². The van der Waals surface area contributed by atoms with Gasteiger partial charge in [0.25, 0.3) is 0 Å². The van der Waals surface area contributed by atoms with Crippen molar-refractivity contribution in [3.8, 4) is 5.75 Å². The summed E-state index contributed by atoms with van der Waals surface area (Å²) in [6.07, 6.45) is 1.65. The number of rotatable bonds is 10. The summed E-state index contributed by atoms with van der Waals surface area (Å²) in [5, 5.41) is 12.8. The quantitative estimate of drug-likeness (QED) is 0.304. The summed E-state index contributed by atoms with van der Waals surface area (Å²) >= 11 is 9.88. The first-order chi connectivity index (χ1) is 16.5. The van der Waals surface area contributed by atoms with Gasteiger partial charge in [-0.15, -0.1) is 23.1 Å². The second-order valence-electron chi connectivity index (χ2n) is 8.52. The van der Waals surface area contributed by atoms with Gasteiger partial charge in [0.1, 0.15) is 11.9 Å². The molecule has 1 saturated heterocycles. The van der Waals surface area contributed by atoms with Gasteiger partial charge in [0.05, 0.1) is 27.8 Å². The zero-order valence-corrected chi connectivity index (χ0v) is 21.3. The van der Waals surface area contributed by atoms with Gasteiger partial charge in [-0.05, 0) is 61.4 Å². The zero-order valence-electron chi connectivity index (χ0n) is 19.0. The molecule has 5 nitrogen and oxygen atoms in total. The Labute approximate surface area is 212 Å². The Hall–Kier alpha value is -1.87. The van der Waals surface area contributed by atoms with E-state index in [4.69, 9.17) is 16.3 Å². The van der Waals surface area contributed by atoms with Crippen LogP contribution >= 0.6 is 34.7 Å². The maximum Gasteiger partial charge on any atom is 0.308 e. The average molecular weight is 523 g/mol. The highest BCUT2D eigenvalue weighted by Gasteiger charge is 2.34. The van der Waals surface area contributed by atoms with Crippen LogP contribution in [0.1, 0.15) is 31.0 Å². The van der Waals surface area contributed by atoms with Crippen molar-refractivity contribution in [3.05, 3.63) is 52.5 Å². The van der Waals surface area contributed by atoms with Gasteiger partial charge in [0.2, 0.25) is 0 Å². The number of ether oxygens (including phenoxy) is 1. The van der Waals surface area contributed by atoms with Crippen LogP contribution in [0.5, 0.6) is 5.75 Å². The summed E-state index contributed by atoms with van der Waals surface area (Å²) in [4.78, 5) is 18.5. The number of aliphatic carboxylic acids is 1. The molecule has 0 aliphatic carbocycles. The lowest BCUT2D eigenvalue weighted by Gasteiger charge is -2.36. The number of likely N-dealkylation sites (tertiary alicyclic amines) is 1. The number of halogens is 2. The lowest BCUT2D eigenvalue weighted by molar-refractivity contribution is -0.146. The number of carboxylic acids is 1. The third-order valence-electron chi connectivity index (χ3n) is 6.48. The molecule has 182 valence electrons. The van der Waals surface area contributed by atoms with Crippen LogP contribution in [-0.2, 0) is 4.79 Å². The molecule has 1 aromatic carbocycles. The molecule has 3 aromatic rings. The van der Waals surface area contributed by atoms with Gasteiger partial charge in [-0.3, -0.25) is 9.78 Å². The Bertz CT molecular complexity index is 1110. The summed E-state index contributed by atoms with van der Waals surface area (Å²) in [5.74, 6) is 0.200. The first-order valence-corrected chi connectivity index (χ1v) is 13.6. The predicted octanol–water partition coefficient (Wildman–Crippen LogP) is 6.56. The van der Waals surface area contributed by atoms with Gasteiger partial charge in [-0.1, -0.05) is 17.7 Å². The number of hydrogen-bond donors (Lipinski definition) is 1. The van der Waals surface area contributed by atoms with Crippen molar-refractivity contribution in [1.29, 1.82) is 0 Å². The molecule has 1 aliphatic heterocycles. The Morgan fingerprint density at radius 3 is 3.03 bits per heavy atom. The number of thioether (sulfide) groups is 1. The van der Waals surface area contributed by atoms with E-state index in [1.54, 1.807) is 48.4 Å². The smallest absolute Gasteiger partial charge is 0.308 e. The number of aromatic nitrogens is 1. The van der Waals surface area contributed by atoms with Crippen molar-refractivity contribution in [1.82, 2.24) is 9.88 Å². The summed E-state index contributed by atoms with van der Waals surface area (Å²) in [5.41, 5.74) is 1.06. The number of carboxylic acid groups (broad SMARTS) is 1. The van der Waals surface area contributed by atoms with Crippen molar-refractivity contribution in [2.75, 3.05) is 32.5 Å². The van der Waals surface area contributed by atoms with Gasteiger partial charge in [0.15, 0.2) is 0 Å². The number of methoxy groups -OCH3 is 1. The number of benzene rings is 1. The third kappa shape index (κ3) is 6.03. The van der Waals surface area contributed by atoms with Crippen molar-refractivity contribution in [2.24, 2.45) is 11.8 Å². The SMILES string of the molecule is COc1ccc2ncc(Cl)c(C(F)CCC3CCN(CCSc4cccs4)CC3C(=O)O)c2c1. The molecule has 1 fully saturated rings. The van der Waals surface area contributed by atoms with Gasteiger partial charge in [-0.25, -0.2) is 4.39 Å². The standard InChI is InChI=1S/C25H28ClFN2O3S2/c1-32-17-5-7-22-18(13-17)24(20(26)14-28-22)21(27)6-4-16-8-9-29(15-19(16)25(30)31)10-12-34-23-3-2-11-33-23/h2-3,5,7,11,13-14,16,19,21H,4,6,8-10,12,15H2,1H3,(H,30,31). The van der Waals surface area contributed by atoms with Crippen LogP contribution in [0.15, 0.2) is 46.1 Å². The van der Waals surface area contributed by atoms with Crippen molar-refractivity contribution in [3.63, 3.8) is 0 Å². The van der Waals surface area contributed by atoms with E-state index in [-0.39, 0.29) is 17.4 Å². The molecule has 0 bridgehead atoms. The van der Waals surface area contributed by atoms with E-state index < -0.39 is 18.1 Å². The van der Waals surface area contributed by atoms with E-state index in [0.717, 1.165) is 25.3 Å². The zero-order chi connectivity index (χ0) is 24.1. The molecule has 0 radical (unpaired) electrons. The molecule has 0 spiro atoms. The monoisotopic (exact) mass is 522 g/mol. The summed E-state index contributed by atoms with van der Waals surface area (Å²) in [6.45, 7) is 2.20. The number of alkyl halides is 1. The van der Waals surface area contributed by atoms with Gasteiger partial charge in [-0.2, -0.15) is 0 Å². The fourth-order valence-electron chi connectivity index (χ4n) is 4.64. The van der Waals surface area contributed by atoms with Crippen LogP contribution < -0.4 is 4.74 Å². The van der Waals surface area contributed by atoms with Crippen LogP contribution in [-0.4, -0.2) is 53.5 Å². The third-order valence-corrected chi connectivity index (χ3v) is 8.89. The number of thiophene rings is 1. The van der Waals surface area contributed by atoms with E-state index in [1.807, 2.05) is 6.07 Å². The largest absolute Gasteiger partial charge is 0.497 e. The molecule has 1 N–H and O–H groups in total. The van der Waals surface area contributed by atoms with Crippen LogP contribution in [0.2, 0.25) is 5.02 Å². The molecule has 0 saturated carbocycles. The van der Waals surface area contributed by atoms with E-state index in [0.29, 0.717) is 35.2 Å². The first-order valence-electron chi connectivity index (χ1n) is 11.3. The number of pyridine rings is 1. The Balaban J connectivity index is 1.38. The Morgan fingerprint density at radius 1 is 1.44 bits per heavy atom. The topological polar surface area (TPSA) is 62.7 Å². The van der Waals surface area contributed by atoms with Crippen LogP contribution in [0.3, 0.4) is 0 Å². The maximum atomic E-state index is 15.5. The highest BCUT2D eigenvalue weighted by molar-refractivity contribution is 8.01. The van der Waals surface area contributed by atoms with Gasteiger partial charge < -0.3 is 14.7 Å². The average Bonchev–Trinajstić information content (AvgIpc) is 3.36. The molecule has 2 aromatic heterocycles. The number of piperidine rings is 1. The fraction of sp³-hybridized carbons (Fsp3) is 0.440. The summed E-state index contributed by atoms with van der Waals surface area (Å²) < 4.78 is 22.1. The van der Waals surface area contributed by atoms with Crippen LogP contribution in [0, 0.1) is 11.8 Å². The van der Waals surface area contributed by atoms with Crippen molar-refractivity contribution >= 4 is 51.6 Å². The van der Waals surface area contributed by atoms with E-state index >= 15 is 4.39 Å². The molecule has 9 heteroatoms. The fourth-order valence-corrected chi connectivity index (χ4v) is 6.77. The van der Waals surface area contributed by atoms with Gasteiger partial charge in [0, 0.05) is 36.0 Å². The molecular weight excluding hydrogens is 495 g/mol. The van der Waals surface area contributed by atoms with E-state index in [2.05, 4.69) is 21.3 Å².